The van der Waals surface area contributed by atoms with Crippen LogP contribution in [0.15, 0.2) is 12.7 Å². The lowest BCUT2D eigenvalue weighted by molar-refractivity contribution is 0.139. The monoisotopic (exact) mass is 220 g/mol. The van der Waals surface area contributed by atoms with Gasteiger partial charge in [0, 0.05) is 13.0 Å². The SMILES string of the molecule is c1ncn(Cc2nnc3n2CCOCC3)n1. The summed E-state index contributed by atoms with van der Waals surface area (Å²) in [6, 6.07) is 0. The number of hydrogen-bond donors (Lipinski definition) is 0. The Kier molecular flexibility index (Phi) is 2.37. The smallest absolute Gasteiger partial charge is 0.154 e. The molecule has 0 saturated carbocycles. The first-order chi connectivity index (χ1) is 7.93. The molecule has 7 nitrogen and oxygen atoms in total. The molecule has 0 saturated heterocycles. The summed E-state index contributed by atoms with van der Waals surface area (Å²) in [5.41, 5.74) is 0. The van der Waals surface area contributed by atoms with Crippen LogP contribution < -0.4 is 0 Å². The normalized spacial score (nSPS) is 15.8. The average Bonchev–Trinajstić information content (AvgIpc) is 2.86. The highest BCUT2D eigenvalue weighted by Gasteiger charge is 2.14. The molecular formula is C9H12N6O. The Labute approximate surface area is 92.1 Å². The van der Waals surface area contributed by atoms with E-state index in [1.165, 1.54) is 6.33 Å². The van der Waals surface area contributed by atoms with Gasteiger partial charge in [0.25, 0.3) is 0 Å². The second-order valence-electron chi connectivity index (χ2n) is 3.64. The van der Waals surface area contributed by atoms with E-state index in [0.29, 0.717) is 6.54 Å². The summed E-state index contributed by atoms with van der Waals surface area (Å²) in [5, 5.41) is 12.4. The summed E-state index contributed by atoms with van der Waals surface area (Å²) in [6.45, 7) is 2.86. The van der Waals surface area contributed by atoms with Crippen LogP contribution in [-0.4, -0.2) is 42.7 Å². The Balaban J connectivity index is 1.87. The molecular weight excluding hydrogens is 208 g/mol. The van der Waals surface area contributed by atoms with Crippen LogP contribution in [0.5, 0.6) is 0 Å². The van der Waals surface area contributed by atoms with E-state index in [9.17, 15) is 0 Å². The highest BCUT2D eigenvalue weighted by Crippen LogP contribution is 2.08. The molecule has 0 fully saturated rings. The number of ether oxygens (including phenoxy) is 1. The average molecular weight is 220 g/mol. The summed E-state index contributed by atoms with van der Waals surface area (Å²) in [4.78, 5) is 3.90. The van der Waals surface area contributed by atoms with Gasteiger partial charge >= 0.3 is 0 Å². The van der Waals surface area contributed by atoms with E-state index in [1.807, 2.05) is 0 Å². The molecule has 0 aromatic carbocycles. The topological polar surface area (TPSA) is 70.7 Å². The highest BCUT2D eigenvalue weighted by molar-refractivity contribution is 4.97. The first kappa shape index (κ1) is 9.46. The Bertz CT molecular complexity index is 462. The molecule has 1 aliphatic heterocycles. The fourth-order valence-electron chi connectivity index (χ4n) is 1.81. The molecule has 0 N–H and O–H groups in total. The number of nitrogens with zero attached hydrogens (tertiary/aromatic N) is 6. The minimum absolute atomic E-state index is 0.604. The third-order valence-electron chi connectivity index (χ3n) is 2.60. The van der Waals surface area contributed by atoms with Crippen LogP contribution in [0.4, 0.5) is 0 Å². The standard InChI is InChI=1S/C9H12N6O/c1-3-16-4-2-15-8(1)12-13-9(15)5-14-7-10-6-11-14/h6-7H,1-5H2. The maximum Gasteiger partial charge on any atom is 0.154 e. The van der Waals surface area contributed by atoms with Crippen molar-refractivity contribution in [1.29, 1.82) is 0 Å². The third kappa shape index (κ3) is 1.69. The molecule has 84 valence electrons. The van der Waals surface area contributed by atoms with E-state index in [1.54, 1.807) is 11.0 Å². The molecule has 0 bridgehead atoms. The van der Waals surface area contributed by atoms with E-state index >= 15 is 0 Å². The Morgan fingerprint density at radius 1 is 1.31 bits per heavy atom. The van der Waals surface area contributed by atoms with Gasteiger partial charge in [-0.2, -0.15) is 5.10 Å². The van der Waals surface area contributed by atoms with Gasteiger partial charge < -0.3 is 9.30 Å². The predicted octanol–water partition coefficient (Wildman–Crippen LogP) is -0.509. The van der Waals surface area contributed by atoms with Crippen LogP contribution in [0, 0.1) is 0 Å². The Hall–Kier alpha value is -1.76. The van der Waals surface area contributed by atoms with Crippen LogP contribution in [-0.2, 0) is 24.2 Å². The minimum atomic E-state index is 0.604. The van der Waals surface area contributed by atoms with Crippen molar-refractivity contribution in [1.82, 2.24) is 29.5 Å². The van der Waals surface area contributed by atoms with E-state index in [-0.39, 0.29) is 0 Å². The number of fused-ring (bicyclic) bond motifs is 1. The van der Waals surface area contributed by atoms with Crippen molar-refractivity contribution in [2.24, 2.45) is 0 Å². The van der Waals surface area contributed by atoms with Crippen molar-refractivity contribution >= 4 is 0 Å². The molecule has 0 atom stereocenters. The predicted molar refractivity (Wildman–Crippen MR) is 53.7 cm³/mol. The maximum absolute atomic E-state index is 5.40. The van der Waals surface area contributed by atoms with Crippen molar-refractivity contribution in [3.63, 3.8) is 0 Å². The van der Waals surface area contributed by atoms with Crippen LogP contribution in [0.25, 0.3) is 0 Å². The lowest BCUT2D eigenvalue weighted by atomic mass is 10.4. The van der Waals surface area contributed by atoms with Crippen molar-refractivity contribution in [3.05, 3.63) is 24.3 Å². The summed E-state index contributed by atoms with van der Waals surface area (Å²) in [5.74, 6) is 1.90. The van der Waals surface area contributed by atoms with Gasteiger partial charge in [-0.3, -0.25) is 0 Å². The van der Waals surface area contributed by atoms with Crippen LogP contribution in [0.2, 0.25) is 0 Å². The minimum Gasteiger partial charge on any atom is -0.379 e. The molecule has 2 aromatic rings. The molecule has 0 spiro atoms. The lowest BCUT2D eigenvalue weighted by Gasteiger charge is -2.05. The molecule has 0 unspecified atom stereocenters. The fraction of sp³-hybridized carbons (Fsp3) is 0.556. The van der Waals surface area contributed by atoms with Crippen molar-refractivity contribution in [2.75, 3.05) is 13.2 Å². The molecule has 7 heteroatoms. The zero-order valence-corrected chi connectivity index (χ0v) is 8.78. The molecule has 0 aliphatic carbocycles. The van der Waals surface area contributed by atoms with Crippen molar-refractivity contribution in [2.45, 2.75) is 19.5 Å². The molecule has 3 heterocycles. The van der Waals surface area contributed by atoms with Gasteiger partial charge in [-0.1, -0.05) is 0 Å². The van der Waals surface area contributed by atoms with Gasteiger partial charge in [0.2, 0.25) is 0 Å². The third-order valence-corrected chi connectivity index (χ3v) is 2.60. The molecule has 3 rings (SSSR count). The van der Waals surface area contributed by atoms with Crippen LogP contribution in [0.1, 0.15) is 11.6 Å². The van der Waals surface area contributed by atoms with Crippen molar-refractivity contribution in [3.8, 4) is 0 Å². The summed E-state index contributed by atoms with van der Waals surface area (Å²) in [7, 11) is 0. The second-order valence-corrected chi connectivity index (χ2v) is 3.64. The second kappa shape index (κ2) is 4.01. The lowest BCUT2D eigenvalue weighted by Crippen LogP contribution is -2.12. The molecule has 1 aliphatic rings. The zero-order chi connectivity index (χ0) is 10.8. The summed E-state index contributed by atoms with van der Waals surface area (Å²) < 4.78 is 9.25. The summed E-state index contributed by atoms with van der Waals surface area (Å²) >= 11 is 0. The number of aromatic nitrogens is 6. The van der Waals surface area contributed by atoms with Gasteiger partial charge in [-0.25, -0.2) is 9.67 Å². The van der Waals surface area contributed by atoms with E-state index < -0.39 is 0 Å². The summed E-state index contributed by atoms with van der Waals surface area (Å²) in [6.07, 6.45) is 4.02. The van der Waals surface area contributed by atoms with Crippen LogP contribution in [0.3, 0.4) is 0 Å². The molecule has 0 amide bonds. The fourth-order valence-corrected chi connectivity index (χ4v) is 1.81. The quantitative estimate of drug-likeness (QED) is 0.681. The van der Waals surface area contributed by atoms with E-state index in [4.69, 9.17) is 4.74 Å². The largest absolute Gasteiger partial charge is 0.379 e. The van der Waals surface area contributed by atoms with Gasteiger partial charge in [0.15, 0.2) is 5.82 Å². The highest BCUT2D eigenvalue weighted by atomic mass is 16.5. The molecule has 2 aromatic heterocycles. The molecule has 0 radical (unpaired) electrons. The number of rotatable bonds is 2. The number of hydrogen-bond acceptors (Lipinski definition) is 5. The van der Waals surface area contributed by atoms with Crippen molar-refractivity contribution < 1.29 is 4.74 Å². The first-order valence-electron chi connectivity index (χ1n) is 5.24. The van der Waals surface area contributed by atoms with E-state index in [2.05, 4.69) is 24.8 Å². The Morgan fingerprint density at radius 3 is 3.19 bits per heavy atom. The molecule has 16 heavy (non-hydrogen) atoms. The van der Waals surface area contributed by atoms with Gasteiger partial charge in [-0.05, 0) is 0 Å². The van der Waals surface area contributed by atoms with Crippen LogP contribution >= 0.6 is 0 Å². The Morgan fingerprint density at radius 2 is 2.31 bits per heavy atom. The first-order valence-corrected chi connectivity index (χ1v) is 5.24. The van der Waals surface area contributed by atoms with Gasteiger partial charge in [-0.15, -0.1) is 10.2 Å². The van der Waals surface area contributed by atoms with E-state index in [0.717, 1.165) is 37.8 Å². The maximum atomic E-state index is 5.40. The zero-order valence-electron chi connectivity index (χ0n) is 8.78. The van der Waals surface area contributed by atoms with Gasteiger partial charge in [0.05, 0.1) is 13.2 Å². The van der Waals surface area contributed by atoms with Gasteiger partial charge in [0.1, 0.15) is 25.0 Å².